The van der Waals surface area contributed by atoms with Gasteiger partial charge in [0.05, 0.1) is 0 Å². The number of aliphatic imine (C=N–C) groups is 1. The van der Waals surface area contributed by atoms with Crippen LogP contribution < -0.4 is 16.0 Å². The summed E-state index contributed by atoms with van der Waals surface area (Å²) in [5, 5.41) is 9.67. The van der Waals surface area contributed by atoms with Gasteiger partial charge in [0.1, 0.15) is 0 Å². The summed E-state index contributed by atoms with van der Waals surface area (Å²) in [6, 6.07) is 0.520. The fourth-order valence-corrected chi connectivity index (χ4v) is 2.89. The predicted octanol–water partition coefficient (Wildman–Crippen LogP) is 2.76. The minimum Gasteiger partial charge on any atom is -0.355 e. The third-order valence-corrected chi connectivity index (χ3v) is 4.52. The van der Waals surface area contributed by atoms with Crippen molar-refractivity contribution in [1.29, 1.82) is 0 Å². The second-order valence-corrected chi connectivity index (χ2v) is 6.94. The molecule has 0 atom stereocenters. The van der Waals surface area contributed by atoms with Gasteiger partial charge in [0.2, 0.25) is 5.91 Å². The molecule has 3 N–H and O–H groups in total. The number of halogens is 1. The molecule has 1 amide bonds. The third-order valence-electron chi connectivity index (χ3n) is 4.52. The first-order chi connectivity index (χ1) is 10.4. The minimum absolute atomic E-state index is 0. The topological polar surface area (TPSA) is 65.5 Å². The molecule has 1 aliphatic carbocycles. The molecular weight excluding hydrogens is 403 g/mol. The number of carbonyl (C=O) groups is 1. The van der Waals surface area contributed by atoms with Crippen molar-refractivity contribution in [2.45, 2.75) is 59.4 Å². The van der Waals surface area contributed by atoms with Crippen molar-refractivity contribution in [3.8, 4) is 0 Å². The van der Waals surface area contributed by atoms with Gasteiger partial charge in [-0.2, -0.15) is 0 Å². The van der Waals surface area contributed by atoms with E-state index in [9.17, 15) is 4.79 Å². The van der Waals surface area contributed by atoms with Crippen LogP contribution in [-0.2, 0) is 4.79 Å². The lowest BCUT2D eigenvalue weighted by Crippen LogP contribution is -2.47. The molecule has 136 valence electrons. The number of nitrogens with zero attached hydrogens (tertiary/aromatic N) is 1. The van der Waals surface area contributed by atoms with E-state index in [0.717, 1.165) is 17.8 Å². The Bertz CT molecular complexity index is 364. The first-order valence-corrected chi connectivity index (χ1v) is 8.69. The number of rotatable bonds is 6. The molecule has 5 nitrogen and oxygen atoms in total. The highest BCUT2D eigenvalue weighted by Crippen LogP contribution is 2.29. The molecule has 0 radical (unpaired) electrons. The highest BCUT2D eigenvalue weighted by atomic mass is 127. The van der Waals surface area contributed by atoms with E-state index in [1.165, 1.54) is 25.7 Å². The lowest BCUT2D eigenvalue weighted by atomic mass is 9.80. The van der Waals surface area contributed by atoms with E-state index in [1.807, 2.05) is 13.8 Å². The van der Waals surface area contributed by atoms with Crippen LogP contribution in [0.3, 0.4) is 0 Å². The van der Waals surface area contributed by atoms with Crippen molar-refractivity contribution in [2.75, 3.05) is 20.1 Å². The molecule has 0 aromatic rings. The fourth-order valence-electron chi connectivity index (χ4n) is 2.89. The van der Waals surface area contributed by atoms with Gasteiger partial charge in [-0.1, -0.05) is 27.7 Å². The Morgan fingerprint density at radius 2 is 1.61 bits per heavy atom. The first kappa shape index (κ1) is 22.5. The maximum Gasteiger partial charge on any atom is 0.222 e. The van der Waals surface area contributed by atoms with Gasteiger partial charge < -0.3 is 16.0 Å². The first-order valence-electron chi connectivity index (χ1n) is 8.69. The molecule has 1 saturated carbocycles. The molecule has 1 fully saturated rings. The van der Waals surface area contributed by atoms with Crippen molar-refractivity contribution < 1.29 is 4.79 Å². The molecule has 0 aromatic heterocycles. The van der Waals surface area contributed by atoms with Gasteiger partial charge >= 0.3 is 0 Å². The van der Waals surface area contributed by atoms with Crippen LogP contribution in [-0.4, -0.2) is 38.0 Å². The Hall–Kier alpha value is -0.530. The van der Waals surface area contributed by atoms with E-state index in [1.54, 1.807) is 7.05 Å². The van der Waals surface area contributed by atoms with Crippen LogP contribution in [0.25, 0.3) is 0 Å². The number of carbonyl (C=O) groups excluding carboxylic acids is 1. The molecule has 1 rings (SSSR count). The Balaban J connectivity index is 0.00000484. The van der Waals surface area contributed by atoms with Crippen molar-refractivity contribution in [1.82, 2.24) is 16.0 Å². The van der Waals surface area contributed by atoms with Gasteiger partial charge in [-0.3, -0.25) is 9.79 Å². The Morgan fingerprint density at radius 1 is 1.04 bits per heavy atom. The molecule has 0 saturated heterocycles. The van der Waals surface area contributed by atoms with Gasteiger partial charge in [-0.05, 0) is 37.5 Å². The maximum absolute atomic E-state index is 11.5. The largest absolute Gasteiger partial charge is 0.355 e. The summed E-state index contributed by atoms with van der Waals surface area (Å²) in [6.07, 6.45) is 5.04. The highest BCUT2D eigenvalue weighted by Gasteiger charge is 2.23. The molecule has 0 bridgehead atoms. The summed E-state index contributed by atoms with van der Waals surface area (Å²) < 4.78 is 0. The van der Waals surface area contributed by atoms with Crippen LogP contribution >= 0.6 is 24.0 Å². The highest BCUT2D eigenvalue weighted by molar-refractivity contribution is 14.0. The average molecular weight is 438 g/mol. The monoisotopic (exact) mass is 438 g/mol. The zero-order chi connectivity index (χ0) is 16.5. The van der Waals surface area contributed by atoms with E-state index in [4.69, 9.17) is 0 Å². The molecule has 0 unspecified atom stereocenters. The van der Waals surface area contributed by atoms with Crippen LogP contribution in [0.15, 0.2) is 4.99 Å². The van der Waals surface area contributed by atoms with Gasteiger partial charge in [0.25, 0.3) is 0 Å². The lowest BCUT2D eigenvalue weighted by molar-refractivity contribution is -0.123. The van der Waals surface area contributed by atoms with Crippen LogP contribution in [0, 0.1) is 17.8 Å². The third kappa shape index (κ3) is 8.77. The van der Waals surface area contributed by atoms with Gasteiger partial charge in [0, 0.05) is 32.1 Å². The SMILES string of the molecule is CN=C(NCCNC(=O)C(C)C)NC1CCC(C(C)C)CC1.I. The molecule has 1 aliphatic rings. The maximum atomic E-state index is 11.5. The standard InChI is InChI=1S/C17H34N4O.HI/c1-12(2)14-6-8-15(9-7-14)21-17(18-5)20-11-10-19-16(22)13(3)4;/h12-15H,6-11H2,1-5H3,(H,19,22)(H2,18,20,21);1H. The molecule has 6 heteroatoms. The second kappa shape index (κ2) is 11.9. The molecule has 23 heavy (non-hydrogen) atoms. The van der Waals surface area contributed by atoms with E-state index in [0.29, 0.717) is 19.1 Å². The number of hydrogen-bond acceptors (Lipinski definition) is 2. The van der Waals surface area contributed by atoms with Crippen LogP contribution in [0.2, 0.25) is 0 Å². The summed E-state index contributed by atoms with van der Waals surface area (Å²) in [7, 11) is 1.79. The quantitative estimate of drug-likeness (QED) is 0.259. The molecule has 0 aromatic carbocycles. The van der Waals surface area contributed by atoms with Gasteiger partial charge in [-0.15, -0.1) is 24.0 Å². The van der Waals surface area contributed by atoms with Gasteiger partial charge in [0.15, 0.2) is 5.96 Å². The summed E-state index contributed by atoms with van der Waals surface area (Å²) in [4.78, 5) is 15.7. The molecule has 0 spiro atoms. The second-order valence-electron chi connectivity index (χ2n) is 6.94. The van der Waals surface area contributed by atoms with Crippen molar-refractivity contribution in [3.63, 3.8) is 0 Å². The van der Waals surface area contributed by atoms with Crippen molar-refractivity contribution in [2.24, 2.45) is 22.7 Å². The Kier molecular flexibility index (Phi) is 11.6. The van der Waals surface area contributed by atoms with Crippen LogP contribution in [0.1, 0.15) is 53.4 Å². The Morgan fingerprint density at radius 3 is 2.09 bits per heavy atom. The van der Waals surface area contributed by atoms with Gasteiger partial charge in [-0.25, -0.2) is 0 Å². The predicted molar refractivity (Wildman–Crippen MR) is 108 cm³/mol. The van der Waals surface area contributed by atoms with E-state index in [-0.39, 0.29) is 35.8 Å². The average Bonchev–Trinajstić information content (AvgIpc) is 2.50. The summed E-state index contributed by atoms with van der Waals surface area (Å²) in [5.41, 5.74) is 0. The fraction of sp³-hybridized carbons (Fsp3) is 0.882. The van der Waals surface area contributed by atoms with E-state index >= 15 is 0 Å². The number of guanidine groups is 1. The van der Waals surface area contributed by atoms with Crippen molar-refractivity contribution in [3.05, 3.63) is 0 Å². The zero-order valence-electron chi connectivity index (χ0n) is 15.3. The summed E-state index contributed by atoms with van der Waals surface area (Å²) in [5.74, 6) is 2.64. The smallest absolute Gasteiger partial charge is 0.222 e. The normalized spacial score (nSPS) is 21.8. The minimum atomic E-state index is 0. The van der Waals surface area contributed by atoms with E-state index in [2.05, 4.69) is 34.8 Å². The van der Waals surface area contributed by atoms with Crippen LogP contribution in [0.5, 0.6) is 0 Å². The Labute approximate surface area is 158 Å². The number of nitrogens with one attached hydrogen (secondary N) is 3. The summed E-state index contributed by atoms with van der Waals surface area (Å²) in [6.45, 7) is 9.76. The number of hydrogen-bond donors (Lipinski definition) is 3. The van der Waals surface area contributed by atoms with Crippen LogP contribution in [0.4, 0.5) is 0 Å². The van der Waals surface area contributed by atoms with E-state index < -0.39 is 0 Å². The summed E-state index contributed by atoms with van der Waals surface area (Å²) >= 11 is 0. The molecule has 0 heterocycles. The number of amides is 1. The molecular formula is C17H35IN4O. The molecule has 0 aliphatic heterocycles. The van der Waals surface area contributed by atoms with Crippen molar-refractivity contribution >= 4 is 35.8 Å². The zero-order valence-corrected chi connectivity index (χ0v) is 17.6. The lowest BCUT2D eigenvalue weighted by Gasteiger charge is -2.32.